The molecule has 0 bridgehead atoms. The first-order chi connectivity index (χ1) is 15.3. The second kappa shape index (κ2) is 8.24. The Bertz CT molecular complexity index is 1250. The van der Waals surface area contributed by atoms with Crippen LogP contribution >= 0.6 is 0 Å². The van der Waals surface area contributed by atoms with Gasteiger partial charge in [0.2, 0.25) is 0 Å². The molecule has 1 N–H and O–H groups in total. The van der Waals surface area contributed by atoms with Gasteiger partial charge in [-0.3, -0.25) is 9.97 Å². The highest BCUT2D eigenvalue weighted by atomic mass is 15.2. The summed E-state index contributed by atoms with van der Waals surface area (Å²) in [5.74, 6) is 0.594. The molecule has 0 aliphatic carbocycles. The largest absolute Gasteiger partial charge is 0.317 e. The summed E-state index contributed by atoms with van der Waals surface area (Å²) in [6, 6.07) is 6.23. The number of hydrogen-bond donors (Lipinski definition) is 1. The van der Waals surface area contributed by atoms with Crippen molar-refractivity contribution < 1.29 is 0 Å². The molecule has 4 aromatic rings. The molecule has 31 heavy (non-hydrogen) atoms. The zero-order valence-corrected chi connectivity index (χ0v) is 17.3. The van der Waals surface area contributed by atoms with E-state index in [9.17, 15) is 0 Å². The van der Waals surface area contributed by atoms with E-state index in [2.05, 4.69) is 40.7 Å². The van der Waals surface area contributed by atoms with Crippen LogP contribution in [0.15, 0.2) is 62.3 Å². The van der Waals surface area contributed by atoms with E-state index in [1.165, 1.54) is 18.4 Å². The maximum Gasteiger partial charge on any atom is 0.162 e. The van der Waals surface area contributed by atoms with E-state index < -0.39 is 0 Å². The fourth-order valence-corrected chi connectivity index (χ4v) is 4.27. The van der Waals surface area contributed by atoms with Crippen LogP contribution in [0.4, 0.5) is 0 Å². The minimum Gasteiger partial charge on any atom is -0.317 e. The van der Waals surface area contributed by atoms with Gasteiger partial charge in [0.05, 0.1) is 17.6 Å². The van der Waals surface area contributed by atoms with Crippen LogP contribution in [-0.4, -0.2) is 37.7 Å². The van der Waals surface area contributed by atoms with Crippen molar-refractivity contribution in [1.82, 2.24) is 29.9 Å². The SMILES string of the molecule is C=Cc1nccc(-c2cnn3cc(-c4ccc(C5CCNCC5)cn4)cnc23)c1C=C. The lowest BCUT2D eigenvalue weighted by atomic mass is 9.91. The summed E-state index contributed by atoms with van der Waals surface area (Å²) in [5.41, 5.74) is 7.56. The minimum atomic E-state index is 0.594. The van der Waals surface area contributed by atoms with Crippen LogP contribution in [0.1, 0.15) is 35.6 Å². The highest BCUT2D eigenvalue weighted by molar-refractivity contribution is 5.85. The molecule has 6 heteroatoms. The van der Waals surface area contributed by atoms with E-state index in [0.717, 1.165) is 52.4 Å². The molecule has 1 aliphatic rings. The molecule has 5 rings (SSSR count). The fourth-order valence-electron chi connectivity index (χ4n) is 4.27. The predicted molar refractivity (Wildman–Crippen MR) is 124 cm³/mol. The van der Waals surface area contributed by atoms with E-state index in [4.69, 9.17) is 9.97 Å². The zero-order chi connectivity index (χ0) is 21.2. The number of nitrogens with one attached hydrogen (secondary N) is 1. The number of hydrogen-bond acceptors (Lipinski definition) is 5. The van der Waals surface area contributed by atoms with Crippen LogP contribution in [0.5, 0.6) is 0 Å². The maximum atomic E-state index is 4.71. The third-order valence-electron chi connectivity index (χ3n) is 5.96. The van der Waals surface area contributed by atoms with Crippen LogP contribution in [-0.2, 0) is 0 Å². The summed E-state index contributed by atoms with van der Waals surface area (Å²) in [6.45, 7) is 9.94. The van der Waals surface area contributed by atoms with E-state index in [1.54, 1.807) is 22.9 Å². The first-order valence-electron chi connectivity index (χ1n) is 10.5. The lowest BCUT2D eigenvalue weighted by molar-refractivity contribution is 0.459. The molecule has 0 atom stereocenters. The van der Waals surface area contributed by atoms with Gasteiger partial charge in [0, 0.05) is 41.5 Å². The predicted octanol–water partition coefficient (Wildman–Crippen LogP) is 4.61. The molecule has 154 valence electrons. The van der Waals surface area contributed by atoms with Crippen LogP contribution in [0.3, 0.4) is 0 Å². The van der Waals surface area contributed by atoms with Crippen LogP contribution in [0.2, 0.25) is 0 Å². The standard InChI is InChI=1S/C25H24N6/c1-3-20-21(9-12-27-23(20)4-2)22-15-30-31-16-19(14-29-25(22)31)24-6-5-18(13-28-24)17-7-10-26-11-8-17/h3-6,9,12-17,26H,1-2,7-8,10-11H2. The molecule has 1 saturated heterocycles. The summed E-state index contributed by atoms with van der Waals surface area (Å²) < 4.78 is 1.80. The molecular weight excluding hydrogens is 384 g/mol. The third-order valence-corrected chi connectivity index (χ3v) is 5.96. The van der Waals surface area contributed by atoms with Crippen LogP contribution < -0.4 is 5.32 Å². The van der Waals surface area contributed by atoms with E-state index in [0.29, 0.717) is 5.92 Å². The quantitative estimate of drug-likeness (QED) is 0.522. The van der Waals surface area contributed by atoms with E-state index in [-0.39, 0.29) is 0 Å². The van der Waals surface area contributed by atoms with Gasteiger partial charge in [-0.15, -0.1) is 0 Å². The number of rotatable bonds is 5. The second-order valence-corrected chi connectivity index (χ2v) is 7.74. The lowest BCUT2D eigenvalue weighted by Crippen LogP contribution is -2.26. The molecule has 0 unspecified atom stereocenters. The zero-order valence-electron chi connectivity index (χ0n) is 17.3. The van der Waals surface area contributed by atoms with Crippen molar-refractivity contribution >= 4 is 17.8 Å². The van der Waals surface area contributed by atoms with E-state index in [1.807, 2.05) is 30.9 Å². The monoisotopic (exact) mass is 408 g/mol. The van der Waals surface area contributed by atoms with Gasteiger partial charge in [0.25, 0.3) is 0 Å². The van der Waals surface area contributed by atoms with Crippen molar-refractivity contribution in [3.8, 4) is 22.4 Å². The number of nitrogens with zero attached hydrogens (tertiary/aromatic N) is 5. The molecular formula is C25H24N6. The summed E-state index contributed by atoms with van der Waals surface area (Å²) in [4.78, 5) is 13.8. The number of piperidine rings is 1. The summed E-state index contributed by atoms with van der Waals surface area (Å²) in [7, 11) is 0. The van der Waals surface area contributed by atoms with Gasteiger partial charge in [-0.2, -0.15) is 5.10 Å². The van der Waals surface area contributed by atoms with Crippen molar-refractivity contribution in [3.05, 3.63) is 79.2 Å². The first-order valence-corrected chi connectivity index (χ1v) is 10.5. The Balaban J connectivity index is 1.49. The van der Waals surface area contributed by atoms with Gasteiger partial charge >= 0.3 is 0 Å². The van der Waals surface area contributed by atoms with Crippen LogP contribution in [0, 0.1) is 0 Å². The van der Waals surface area contributed by atoms with Gasteiger partial charge < -0.3 is 5.32 Å². The fraction of sp³-hybridized carbons (Fsp3) is 0.200. The average molecular weight is 409 g/mol. The molecule has 0 amide bonds. The minimum absolute atomic E-state index is 0.594. The molecule has 0 radical (unpaired) electrons. The van der Waals surface area contributed by atoms with Crippen LogP contribution in [0.25, 0.3) is 40.2 Å². The first kappa shape index (κ1) is 19.3. The highest BCUT2D eigenvalue weighted by Crippen LogP contribution is 2.30. The van der Waals surface area contributed by atoms with E-state index >= 15 is 0 Å². The Morgan fingerprint density at radius 1 is 0.935 bits per heavy atom. The van der Waals surface area contributed by atoms with Crippen molar-refractivity contribution in [2.45, 2.75) is 18.8 Å². The normalized spacial score (nSPS) is 14.6. The number of aromatic nitrogens is 5. The van der Waals surface area contributed by atoms with Crippen molar-refractivity contribution in [3.63, 3.8) is 0 Å². The Hall–Kier alpha value is -3.64. The second-order valence-electron chi connectivity index (χ2n) is 7.74. The van der Waals surface area contributed by atoms with Gasteiger partial charge in [0.1, 0.15) is 0 Å². The summed E-state index contributed by atoms with van der Waals surface area (Å²) >= 11 is 0. The third kappa shape index (κ3) is 3.55. The highest BCUT2D eigenvalue weighted by Gasteiger charge is 2.16. The van der Waals surface area contributed by atoms with Gasteiger partial charge in [-0.1, -0.05) is 25.3 Å². The molecule has 1 fully saturated rings. The summed E-state index contributed by atoms with van der Waals surface area (Å²) in [5, 5.41) is 7.96. The van der Waals surface area contributed by atoms with Gasteiger partial charge in [0.15, 0.2) is 5.65 Å². The van der Waals surface area contributed by atoms with Gasteiger partial charge in [-0.05, 0) is 61.2 Å². The molecule has 0 aromatic carbocycles. The number of fused-ring (bicyclic) bond motifs is 1. The van der Waals surface area contributed by atoms with Crippen molar-refractivity contribution in [1.29, 1.82) is 0 Å². The molecule has 5 heterocycles. The lowest BCUT2D eigenvalue weighted by Gasteiger charge is -2.22. The molecule has 0 saturated carbocycles. The summed E-state index contributed by atoms with van der Waals surface area (Å²) in [6.07, 6.45) is 15.3. The number of pyridine rings is 2. The Morgan fingerprint density at radius 2 is 1.81 bits per heavy atom. The topological polar surface area (TPSA) is 68.0 Å². The molecule has 4 aromatic heterocycles. The van der Waals surface area contributed by atoms with Crippen molar-refractivity contribution in [2.24, 2.45) is 0 Å². The van der Waals surface area contributed by atoms with Crippen molar-refractivity contribution in [2.75, 3.05) is 13.1 Å². The molecule has 6 nitrogen and oxygen atoms in total. The maximum absolute atomic E-state index is 4.71. The Kier molecular flexibility index (Phi) is 5.14. The Labute approximate surface area is 181 Å². The van der Waals surface area contributed by atoms with Gasteiger partial charge in [-0.25, -0.2) is 9.50 Å². The molecule has 0 spiro atoms. The average Bonchev–Trinajstić information content (AvgIpc) is 3.27. The molecule has 1 aliphatic heterocycles. The Morgan fingerprint density at radius 3 is 2.55 bits per heavy atom. The smallest absolute Gasteiger partial charge is 0.162 e.